The number of aryl methyl sites for hydroxylation is 1. The summed E-state index contributed by atoms with van der Waals surface area (Å²) in [6.07, 6.45) is 2.04. The molecule has 1 atom stereocenters. The highest BCUT2D eigenvalue weighted by Gasteiger charge is 2.41. The van der Waals surface area contributed by atoms with Crippen molar-refractivity contribution >= 4 is 17.4 Å². The summed E-state index contributed by atoms with van der Waals surface area (Å²) >= 11 is 0. The van der Waals surface area contributed by atoms with Crippen LogP contribution in [0.25, 0.3) is 5.69 Å². The SMILES string of the molecule is Cc1nn(-c2ccccc2)c2c1C(C(=O)c1ccccc1)C1=C(CCCC1=O)N2. The van der Waals surface area contributed by atoms with E-state index < -0.39 is 5.92 Å². The fourth-order valence-corrected chi connectivity index (χ4v) is 4.41. The lowest BCUT2D eigenvalue weighted by molar-refractivity contribution is -0.116. The lowest BCUT2D eigenvalue weighted by Gasteiger charge is -2.32. The Labute approximate surface area is 169 Å². The molecule has 5 nitrogen and oxygen atoms in total. The van der Waals surface area contributed by atoms with Crippen LogP contribution in [0.5, 0.6) is 0 Å². The van der Waals surface area contributed by atoms with Crippen LogP contribution >= 0.6 is 0 Å². The second-order valence-corrected chi connectivity index (χ2v) is 7.55. The van der Waals surface area contributed by atoms with Crippen molar-refractivity contribution in [3.05, 3.63) is 88.8 Å². The molecule has 0 bridgehead atoms. The molecule has 1 aliphatic carbocycles. The molecule has 29 heavy (non-hydrogen) atoms. The average Bonchev–Trinajstić information content (AvgIpc) is 3.09. The van der Waals surface area contributed by atoms with Crippen LogP contribution in [0.1, 0.15) is 46.8 Å². The van der Waals surface area contributed by atoms with Gasteiger partial charge in [-0.3, -0.25) is 9.59 Å². The smallest absolute Gasteiger partial charge is 0.175 e. The number of aromatic nitrogens is 2. The highest BCUT2D eigenvalue weighted by atomic mass is 16.1. The van der Waals surface area contributed by atoms with Gasteiger partial charge in [0.05, 0.1) is 17.3 Å². The molecule has 0 saturated carbocycles. The minimum Gasteiger partial charge on any atom is -0.343 e. The molecule has 5 rings (SSSR count). The fourth-order valence-electron chi connectivity index (χ4n) is 4.41. The van der Waals surface area contributed by atoms with Gasteiger partial charge in [-0.05, 0) is 31.9 Å². The first kappa shape index (κ1) is 17.6. The molecule has 2 aromatic carbocycles. The van der Waals surface area contributed by atoms with E-state index in [2.05, 4.69) is 5.32 Å². The number of allylic oxidation sites excluding steroid dienone is 2. The molecular weight excluding hydrogens is 362 g/mol. The lowest BCUT2D eigenvalue weighted by Crippen LogP contribution is -2.31. The number of para-hydroxylation sites is 1. The number of ketones is 2. The topological polar surface area (TPSA) is 64.0 Å². The zero-order valence-electron chi connectivity index (χ0n) is 16.2. The molecule has 1 aromatic heterocycles. The number of Topliss-reactive ketones (excluding diaryl/α,β-unsaturated/α-hetero) is 2. The predicted octanol–water partition coefficient (Wildman–Crippen LogP) is 4.58. The quantitative estimate of drug-likeness (QED) is 0.673. The number of carbonyl (C=O) groups excluding carboxylic acids is 2. The molecule has 1 N–H and O–H groups in total. The van der Waals surface area contributed by atoms with E-state index in [0.717, 1.165) is 41.3 Å². The Bertz CT molecular complexity index is 1140. The number of hydrogen-bond donors (Lipinski definition) is 1. The molecule has 0 saturated heterocycles. The van der Waals surface area contributed by atoms with E-state index in [0.29, 0.717) is 17.6 Å². The third-order valence-corrected chi connectivity index (χ3v) is 5.73. The summed E-state index contributed by atoms with van der Waals surface area (Å²) < 4.78 is 1.85. The molecule has 2 aliphatic rings. The minimum atomic E-state index is -0.617. The Balaban J connectivity index is 1.73. The Hall–Kier alpha value is -3.47. The maximum atomic E-state index is 13.6. The van der Waals surface area contributed by atoms with Gasteiger partial charge in [-0.25, -0.2) is 4.68 Å². The zero-order chi connectivity index (χ0) is 20.0. The van der Waals surface area contributed by atoms with Gasteiger partial charge in [0, 0.05) is 28.8 Å². The van der Waals surface area contributed by atoms with Gasteiger partial charge in [0.2, 0.25) is 0 Å². The highest BCUT2D eigenvalue weighted by Crippen LogP contribution is 2.45. The molecule has 0 radical (unpaired) electrons. The van der Waals surface area contributed by atoms with E-state index in [9.17, 15) is 9.59 Å². The molecule has 144 valence electrons. The van der Waals surface area contributed by atoms with Gasteiger partial charge < -0.3 is 5.32 Å². The fraction of sp³-hybridized carbons (Fsp3) is 0.208. The van der Waals surface area contributed by atoms with Gasteiger partial charge in [-0.1, -0.05) is 48.5 Å². The number of hydrogen-bond acceptors (Lipinski definition) is 4. The van der Waals surface area contributed by atoms with Crippen LogP contribution in [0.2, 0.25) is 0 Å². The first-order valence-corrected chi connectivity index (χ1v) is 9.92. The second-order valence-electron chi connectivity index (χ2n) is 7.55. The maximum Gasteiger partial charge on any atom is 0.175 e. The third kappa shape index (κ3) is 2.81. The van der Waals surface area contributed by atoms with Crippen LogP contribution in [0.15, 0.2) is 71.9 Å². The van der Waals surface area contributed by atoms with Gasteiger partial charge in [-0.15, -0.1) is 0 Å². The zero-order valence-corrected chi connectivity index (χ0v) is 16.2. The monoisotopic (exact) mass is 383 g/mol. The van der Waals surface area contributed by atoms with E-state index in [1.807, 2.05) is 72.3 Å². The Morgan fingerprint density at radius 3 is 2.45 bits per heavy atom. The van der Waals surface area contributed by atoms with E-state index in [-0.39, 0.29) is 11.6 Å². The third-order valence-electron chi connectivity index (χ3n) is 5.73. The van der Waals surface area contributed by atoms with Gasteiger partial charge in [0.1, 0.15) is 5.82 Å². The molecular formula is C24H21N3O2. The van der Waals surface area contributed by atoms with Gasteiger partial charge >= 0.3 is 0 Å². The number of nitrogens with one attached hydrogen (secondary N) is 1. The van der Waals surface area contributed by atoms with Crippen molar-refractivity contribution in [1.82, 2.24) is 9.78 Å². The summed E-state index contributed by atoms with van der Waals surface area (Å²) in [5.74, 6) is 0.183. The number of benzene rings is 2. The van der Waals surface area contributed by atoms with Gasteiger partial charge in [0.15, 0.2) is 11.6 Å². The van der Waals surface area contributed by atoms with Crippen molar-refractivity contribution in [2.45, 2.75) is 32.1 Å². The van der Waals surface area contributed by atoms with Gasteiger partial charge in [-0.2, -0.15) is 5.10 Å². The summed E-state index contributed by atoms with van der Waals surface area (Å²) in [4.78, 5) is 26.5. The van der Waals surface area contributed by atoms with Crippen molar-refractivity contribution in [2.75, 3.05) is 5.32 Å². The molecule has 0 amide bonds. The van der Waals surface area contributed by atoms with E-state index in [1.54, 1.807) is 0 Å². The number of anilines is 1. The molecule has 1 unspecified atom stereocenters. The molecule has 3 aromatic rings. The Morgan fingerprint density at radius 2 is 1.72 bits per heavy atom. The van der Waals surface area contributed by atoms with E-state index in [4.69, 9.17) is 5.10 Å². The number of fused-ring (bicyclic) bond motifs is 1. The summed E-state index contributed by atoms with van der Waals surface area (Å²) in [6, 6.07) is 19.1. The Kier molecular flexibility index (Phi) is 4.16. The molecule has 0 spiro atoms. The standard InChI is InChI=1S/C24H21N3O2/c1-15-20-22(23(29)16-9-4-2-5-10-16)21-18(13-8-14-19(21)28)25-24(20)27(26-15)17-11-6-3-7-12-17/h2-7,9-12,22,25H,8,13-14H2,1H3. The first-order valence-electron chi connectivity index (χ1n) is 9.92. The summed E-state index contributed by atoms with van der Waals surface area (Å²) in [5.41, 5.74) is 4.57. The maximum absolute atomic E-state index is 13.6. The molecule has 0 fully saturated rings. The van der Waals surface area contributed by atoms with E-state index in [1.165, 1.54) is 0 Å². The van der Waals surface area contributed by atoms with Gasteiger partial charge in [0.25, 0.3) is 0 Å². The normalized spacial score (nSPS) is 18.1. The number of nitrogens with zero attached hydrogens (tertiary/aromatic N) is 2. The average molecular weight is 383 g/mol. The number of rotatable bonds is 3. The van der Waals surface area contributed by atoms with Crippen LogP contribution in [0, 0.1) is 6.92 Å². The van der Waals surface area contributed by atoms with Crippen molar-refractivity contribution < 1.29 is 9.59 Å². The van der Waals surface area contributed by atoms with Crippen LogP contribution < -0.4 is 5.32 Å². The molecule has 5 heteroatoms. The number of carbonyl (C=O) groups is 2. The highest BCUT2D eigenvalue weighted by molar-refractivity contribution is 6.13. The van der Waals surface area contributed by atoms with Crippen LogP contribution in [-0.4, -0.2) is 21.3 Å². The predicted molar refractivity (Wildman–Crippen MR) is 111 cm³/mol. The second kappa shape index (κ2) is 6.85. The lowest BCUT2D eigenvalue weighted by atomic mass is 9.76. The molecule has 2 heterocycles. The van der Waals surface area contributed by atoms with Crippen LogP contribution in [-0.2, 0) is 4.79 Å². The largest absolute Gasteiger partial charge is 0.343 e. The summed E-state index contributed by atoms with van der Waals surface area (Å²) in [7, 11) is 0. The first-order chi connectivity index (χ1) is 14.1. The molecule has 1 aliphatic heterocycles. The van der Waals surface area contributed by atoms with Crippen molar-refractivity contribution in [2.24, 2.45) is 0 Å². The van der Waals surface area contributed by atoms with E-state index >= 15 is 0 Å². The summed E-state index contributed by atoms with van der Waals surface area (Å²) in [6.45, 7) is 1.91. The Morgan fingerprint density at radius 1 is 1.03 bits per heavy atom. The summed E-state index contributed by atoms with van der Waals surface area (Å²) in [5, 5.41) is 8.20. The minimum absolute atomic E-state index is 0.0492. The van der Waals surface area contributed by atoms with Crippen molar-refractivity contribution in [3.8, 4) is 5.69 Å². The van der Waals surface area contributed by atoms with Crippen molar-refractivity contribution in [3.63, 3.8) is 0 Å². The van der Waals surface area contributed by atoms with Crippen LogP contribution in [0.3, 0.4) is 0 Å². The van der Waals surface area contributed by atoms with Crippen LogP contribution in [0.4, 0.5) is 5.82 Å². The van der Waals surface area contributed by atoms with Crippen molar-refractivity contribution in [1.29, 1.82) is 0 Å².